The maximum Gasteiger partial charge on any atom is 0.302 e. The Kier molecular flexibility index (Phi) is 4.04. The van der Waals surface area contributed by atoms with E-state index >= 15 is 0 Å². The summed E-state index contributed by atoms with van der Waals surface area (Å²) in [7, 11) is -3.55. The molecule has 1 aromatic rings. The number of hydrogen-bond acceptors (Lipinski definition) is 4. The molecule has 1 aromatic heterocycles. The molecule has 0 aromatic carbocycles. The van der Waals surface area contributed by atoms with E-state index in [1.807, 2.05) is 6.92 Å². The van der Waals surface area contributed by atoms with Crippen LogP contribution in [0.2, 0.25) is 5.28 Å². The van der Waals surface area contributed by atoms with E-state index in [1.165, 1.54) is 16.6 Å². The molecule has 1 aliphatic rings. The number of halogens is 1. The molecular weight excluding hydrogens is 276 g/mol. The second-order valence-electron chi connectivity index (χ2n) is 4.42. The molecule has 0 aliphatic carbocycles. The van der Waals surface area contributed by atoms with E-state index in [-0.39, 0.29) is 11.1 Å². The van der Waals surface area contributed by atoms with Gasteiger partial charge < -0.3 is 0 Å². The summed E-state index contributed by atoms with van der Waals surface area (Å²) in [5.74, 6) is 0.567. The molecule has 2 heterocycles. The lowest BCUT2D eigenvalue weighted by atomic mass is 10.0. The summed E-state index contributed by atoms with van der Waals surface area (Å²) >= 11 is 5.61. The van der Waals surface area contributed by atoms with Gasteiger partial charge in [-0.2, -0.15) is 17.7 Å². The Morgan fingerprint density at radius 3 is 3.00 bits per heavy atom. The lowest BCUT2D eigenvalue weighted by molar-refractivity contribution is 0.282. The summed E-state index contributed by atoms with van der Waals surface area (Å²) in [5.41, 5.74) is 0. The SMILES string of the molecule is CC1CCCN(S(=O)(=O)Nc2ccnc(Cl)n2)C1. The predicted octanol–water partition coefficient (Wildman–Crippen LogP) is 1.52. The first-order valence-corrected chi connectivity index (χ1v) is 7.55. The third kappa shape index (κ3) is 3.30. The Balaban J connectivity index is 2.11. The van der Waals surface area contributed by atoms with Gasteiger partial charge in [0, 0.05) is 19.3 Å². The third-order valence-electron chi connectivity index (χ3n) is 2.82. The lowest BCUT2D eigenvalue weighted by Gasteiger charge is -2.29. The van der Waals surface area contributed by atoms with Crippen molar-refractivity contribution in [3.63, 3.8) is 0 Å². The first kappa shape index (κ1) is 13.5. The van der Waals surface area contributed by atoms with Crippen molar-refractivity contribution >= 4 is 27.6 Å². The van der Waals surface area contributed by atoms with Gasteiger partial charge in [-0.05, 0) is 36.4 Å². The Morgan fingerprint density at radius 2 is 2.33 bits per heavy atom. The van der Waals surface area contributed by atoms with Crippen molar-refractivity contribution in [1.82, 2.24) is 14.3 Å². The highest BCUT2D eigenvalue weighted by atomic mass is 35.5. The molecule has 1 fully saturated rings. The Bertz CT molecular complexity index is 522. The van der Waals surface area contributed by atoms with Crippen LogP contribution in [0.15, 0.2) is 12.3 Å². The summed E-state index contributed by atoms with van der Waals surface area (Å²) < 4.78 is 28.1. The smallest absolute Gasteiger partial charge is 0.254 e. The minimum absolute atomic E-state index is 0.0159. The van der Waals surface area contributed by atoms with E-state index < -0.39 is 10.2 Å². The van der Waals surface area contributed by atoms with Crippen LogP contribution in [0.4, 0.5) is 5.82 Å². The van der Waals surface area contributed by atoms with Gasteiger partial charge in [0.05, 0.1) is 0 Å². The number of nitrogens with zero attached hydrogens (tertiary/aromatic N) is 3. The van der Waals surface area contributed by atoms with Crippen molar-refractivity contribution in [3.05, 3.63) is 17.5 Å². The van der Waals surface area contributed by atoms with Crippen LogP contribution < -0.4 is 4.72 Å². The largest absolute Gasteiger partial charge is 0.302 e. The van der Waals surface area contributed by atoms with Crippen molar-refractivity contribution in [2.75, 3.05) is 17.8 Å². The highest BCUT2D eigenvalue weighted by Crippen LogP contribution is 2.19. The molecule has 1 atom stereocenters. The van der Waals surface area contributed by atoms with Gasteiger partial charge in [-0.15, -0.1) is 0 Å². The van der Waals surface area contributed by atoms with E-state index in [9.17, 15) is 8.42 Å². The number of piperidine rings is 1. The number of anilines is 1. The van der Waals surface area contributed by atoms with E-state index in [4.69, 9.17) is 11.6 Å². The van der Waals surface area contributed by atoms with Crippen LogP contribution in [0, 0.1) is 5.92 Å². The minimum Gasteiger partial charge on any atom is -0.254 e. The molecule has 1 aliphatic heterocycles. The van der Waals surface area contributed by atoms with Crippen molar-refractivity contribution in [2.24, 2.45) is 5.92 Å². The van der Waals surface area contributed by atoms with E-state index in [0.717, 1.165) is 12.8 Å². The molecule has 2 rings (SSSR count). The number of hydrogen-bond donors (Lipinski definition) is 1. The molecule has 0 saturated carbocycles. The molecule has 0 bridgehead atoms. The zero-order valence-electron chi connectivity index (χ0n) is 10.0. The summed E-state index contributed by atoms with van der Waals surface area (Å²) in [6, 6.07) is 1.47. The zero-order valence-corrected chi connectivity index (χ0v) is 11.6. The molecular formula is C10H15ClN4O2S. The monoisotopic (exact) mass is 290 g/mol. The Hall–Kier alpha value is -0.920. The summed E-state index contributed by atoms with van der Waals surface area (Å²) in [4.78, 5) is 7.51. The van der Waals surface area contributed by atoms with Crippen molar-refractivity contribution in [1.29, 1.82) is 0 Å². The maximum absolute atomic E-state index is 12.1. The molecule has 8 heteroatoms. The topological polar surface area (TPSA) is 75.2 Å². The number of rotatable bonds is 3. The first-order valence-electron chi connectivity index (χ1n) is 5.74. The number of nitrogens with one attached hydrogen (secondary N) is 1. The van der Waals surface area contributed by atoms with Gasteiger partial charge in [0.15, 0.2) is 0 Å². The second-order valence-corrected chi connectivity index (χ2v) is 6.43. The van der Waals surface area contributed by atoms with Crippen LogP contribution in [0.1, 0.15) is 19.8 Å². The second kappa shape index (κ2) is 5.38. The van der Waals surface area contributed by atoms with Crippen LogP contribution >= 0.6 is 11.6 Å². The van der Waals surface area contributed by atoms with E-state index in [1.54, 1.807) is 0 Å². The highest BCUT2D eigenvalue weighted by molar-refractivity contribution is 7.90. The standard InChI is InChI=1S/C10H15ClN4O2S/c1-8-3-2-6-15(7-8)18(16,17)14-9-4-5-12-10(11)13-9/h4-5,8H,2-3,6-7H2,1H3,(H,12,13,14). The minimum atomic E-state index is -3.55. The van der Waals surface area contributed by atoms with Gasteiger partial charge in [-0.1, -0.05) is 6.92 Å². The third-order valence-corrected chi connectivity index (χ3v) is 4.48. The molecule has 6 nitrogen and oxygen atoms in total. The van der Waals surface area contributed by atoms with Crippen LogP contribution in [-0.4, -0.2) is 35.8 Å². The van der Waals surface area contributed by atoms with Gasteiger partial charge in [0.2, 0.25) is 5.28 Å². The molecule has 0 amide bonds. The zero-order chi connectivity index (χ0) is 13.2. The van der Waals surface area contributed by atoms with E-state index in [0.29, 0.717) is 19.0 Å². The fraction of sp³-hybridized carbons (Fsp3) is 0.600. The molecule has 100 valence electrons. The average Bonchev–Trinajstić information content (AvgIpc) is 2.28. The summed E-state index contributed by atoms with van der Waals surface area (Å²) in [6.45, 7) is 3.12. The van der Waals surface area contributed by atoms with Gasteiger partial charge in [-0.3, -0.25) is 4.72 Å². The normalized spacial score (nSPS) is 21.8. The van der Waals surface area contributed by atoms with Gasteiger partial charge in [0.1, 0.15) is 5.82 Å². The predicted molar refractivity (Wildman–Crippen MR) is 69.6 cm³/mol. The van der Waals surface area contributed by atoms with Gasteiger partial charge in [0.25, 0.3) is 0 Å². The Labute approximate surface area is 112 Å². The average molecular weight is 291 g/mol. The molecule has 18 heavy (non-hydrogen) atoms. The van der Waals surface area contributed by atoms with E-state index in [2.05, 4.69) is 14.7 Å². The van der Waals surface area contributed by atoms with Crippen molar-refractivity contribution < 1.29 is 8.42 Å². The first-order chi connectivity index (χ1) is 8.47. The molecule has 0 radical (unpaired) electrons. The highest BCUT2D eigenvalue weighted by Gasteiger charge is 2.27. The summed E-state index contributed by atoms with van der Waals surface area (Å²) in [6.07, 6.45) is 3.35. The van der Waals surface area contributed by atoms with Crippen LogP contribution in [0.25, 0.3) is 0 Å². The van der Waals surface area contributed by atoms with Crippen LogP contribution in [0.5, 0.6) is 0 Å². The van der Waals surface area contributed by atoms with Crippen LogP contribution in [0.3, 0.4) is 0 Å². The maximum atomic E-state index is 12.1. The molecule has 1 saturated heterocycles. The van der Waals surface area contributed by atoms with Crippen molar-refractivity contribution in [3.8, 4) is 0 Å². The molecule has 1 unspecified atom stereocenters. The molecule has 1 N–H and O–H groups in total. The lowest BCUT2D eigenvalue weighted by Crippen LogP contribution is -2.42. The molecule has 0 spiro atoms. The fourth-order valence-electron chi connectivity index (χ4n) is 1.95. The fourth-order valence-corrected chi connectivity index (χ4v) is 3.43. The summed E-state index contributed by atoms with van der Waals surface area (Å²) in [5, 5.41) is 0.0159. The van der Waals surface area contributed by atoms with Gasteiger partial charge in [-0.25, -0.2) is 4.98 Å². The number of aromatic nitrogens is 2. The van der Waals surface area contributed by atoms with Crippen LogP contribution in [-0.2, 0) is 10.2 Å². The Morgan fingerprint density at radius 1 is 1.56 bits per heavy atom. The van der Waals surface area contributed by atoms with Gasteiger partial charge >= 0.3 is 10.2 Å². The quantitative estimate of drug-likeness (QED) is 0.857. The van der Waals surface area contributed by atoms with Crippen molar-refractivity contribution in [2.45, 2.75) is 19.8 Å².